The number of benzene rings is 2. The third-order valence-electron chi connectivity index (χ3n) is 3.77. The Morgan fingerprint density at radius 1 is 1.08 bits per heavy atom. The predicted octanol–water partition coefficient (Wildman–Crippen LogP) is 5.41. The summed E-state index contributed by atoms with van der Waals surface area (Å²) in [5, 5.41) is 3.82. The molecule has 0 saturated carbocycles. The molecule has 0 aliphatic carbocycles. The molecule has 2 rings (SSSR count). The lowest BCUT2D eigenvalue weighted by molar-refractivity contribution is 0.360. The molecule has 0 saturated heterocycles. The summed E-state index contributed by atoms with van der Waals surface area (Å²) in [7, 11) is 0. The van der Waals surface area contributed by atoms with Crippen molar-refractivity contribution in [3.05, 3.63) is 76.2 Å². The predicted molar refractivity (Wildman–Crippen MR) is 114 cm³/mol. The molecule has 0 spiro atoms. The molecule has 0 amide bonds. The number of allylic oxidation sites excluding steroid dienone is 3. The van der Waals surface area contributed by atoms with Gasteiger partial charge in [0.2, 0.25) is 0 Å². The Morgan fingerprint density at radius 3 is 2.48 bits per heavy atom. The van der Waals surface area contributed by atoms with E-state index in [9.17, 15) is 0 Å². The van der Waals surface area contributed by atoms with E-state index in [1.165, 1.54) is 10.4 Å². The van der Waals surface area contributed by atoms with Crippen LogP contribution in [0.25, 0.3) is 23.3 Å². The largest absolute Gasteiger partial charge is 0.487 e. The molecule has 0 fully saturated rings. The van der Waals surface area contributed by atoms with E-state index in [0.717, 1.165) is 22.2 Å². The average molecular weight is 418 g/mol. The monoisotopic (exact) mass is 416 g/mol. The van der Waals surface area contributed by atoms with Crippen LogP contribution in [0.15, 0.2) is 65.7 Å². The molecule has 0 aromatic heterocycles. The van der Waals surface area contributed by atoms with Crippen LogP contribution in [0.4, 0.5) is 0 Å². The molecule has 2 aromatic carbocycles. The Balaban J connectivity index is 2.45. The van der Waals surface area contributed by atoms with E-state index in [1.807, 2.05) is 49.4 Å². The molecule has 0 aliphatic rings. The van der Waals surface area contributed by atoms with Gasteiger partial charge in [0.25, 0.3) is 0 Å². The van der Waals surface area contributed by atoms with Crippen LogP contribution >= 0.6 is 27.5 Å². The van der Waals surface area contributed by atoms with E-state index in [1.54, 1.807) is 0 Å². The van der Waals surface area contributed by atoms with Gasteiger partial charge >= 0.3 is 0 Å². The van der Waals surface area contributed by atoms with Gasteiger partial charge in [-0.25, -0.2) is 0 Å². The fraction of sp³-hybridized carbons (Fsp3) is 0.182. The van der Waals surface area contributed by atoms with Gasteiger partial charge in [-0.05, 0) is 42.0 Å². The third kappa shape index (κ3) is 5.35. The smallest absolute Gasteiger partial charge is 0.128 e. The molecule has 0 atom stereocenters. The van der Waals surface area contributed by atoms with E-state index < -0.39 is 0 Å². The van der Waals surface area contributed by atoms with Gasteiger partial charge in [0.05, 0.1) is 5.03 Å². The second kappa shape index (κ2) is 10.3. The summed E-state index contributed by atoms with van der Waals surface area (Å²) in [4.78, 5) is 0. The van der Waals surface area contributed by atoms with Crippen molar-refractivity contribution in [3.63, 3.8) is 0 Å². The lowest BCUT2D eigenvalue weighted by Crippen LogP contribution is -2.26. The van der Waals surface area contributed by atoms with E-state index >= 15 is 0 Å². The van der Waals surface area contributed by atoms with Gasteiger partial charge < -0.3 is 4.74 Å². The Hall–Kier alpha value is -1.77. The van der Waals surface area contributed by atoms with Crippen LogP contribution in [0.2, 0.25) is 0 Å². The van der Waals surface area contributed by atoms with E-state index in [2.05, 4.69) is 53.2 Å². The maximum Gasteiger partial charge on any atom is 0.128 e. The van der Waals surface area contributed by atoms with Crippen LogP contribution in [0, 0.1) is 0 Å². The van der Waals surface area contributed by atoms with E-state index in [0.29, 0.717) is 11.6 Å². The number of hydrogen-bond donors (Lipinski definition) is 0. The molecule has 1 nitrogen and oxygen atoms in total. The number of alkyl halides is 1. The van der Waals surface area contributed by atoms with Crippen molar-refractivity contribution in [2.24, 2.45) is 0 Å². The second-order valence-electron chi connectivity index (χ2n) is 5.37. The van der Waals surface area contributed by atoms with Crippen LogP contribution < -0.4 is 15.2 Å². The first kappa shape index (κ1) is 19.6. The van der Waals surface area contributed by atoms with Gasteiger partial charge in [0, 0.05) is 10.9 Å². The summed E-state index contributed by atoms with van der Waals surface area (Å²) in [6.45, 7) is 4.44. The van der Waals surface area contributed by atoms with Gasteiger partial charge in [-0.3, -0.25) is 0 Å². The molecule has 0 bridgehead atoms. The normalized spacial score (nSPS) is 13.7. The van der Waals surface area contributed by atoms with Crippen molar-refractivity contribution < 1.29 is 4.74 Å². The Morgan fingerprint density at radius 2 is 1.84 bits per heavy atom. The highest BCUT2D eigenvalue weighted by Crippen LogP contribution is 2.26. The average Bonchev–Trinajstić information content (AvgIpc) is 2.66. The minimum Gasteiger partial charge on any atom is -0.487 e. The standard InChI is InChI=1S/C22H22BrClO/c1-3-17-13-14-21(25-16-19(24)12-8-9-15-23)22(20(17)4-2)18-10-6-5-7-11-18/h3-14H,15-16H2,1-2H3/b9-8-,17-3-,19-12+,20-4+. The molecule has 130 valence electrons. The Bertz CT molecular complexity index is 867. The molecule has 0 radical (unpaired) electrons. The zero-order chi connectivity index (χ0) is 18.1. The highest BCUT2D eigenvalue weighted by Gasteiger charge is 2.09. The zero-order valence-corrected chi connectivity index (χ0v) is 16.8. The summed E-state index contributed by atoms with van der Waals surface area (Å²) < 4.78 is 6.05. The van der Waals surface area contributed by atoms with Crippen molar-refractivity contribution in [2.75, 3.05) is 11.9 Å². The van der Waals surface area contributed by atoms with Crippen molar-refractivity contribution in [3.8, 4) is 16.9 Å². The third-order valence-corrected chi connectivity index (χ3v) is 4.38. The lowest BCUT2D eigenvalue weighted by atomic mass is 10.00. The molecule has 3 heteroatoms. The topological polar surface area (TPSA) is 9.23 Å². The van der Waals surface area contributed by atoms with Crippen LogP contribution in [0.3, 0.4) is 0 Å². The minimum absolute atomic E-state index is 0.340. The Labute approximate surface area is 163 Å². The number of hydrogen-bond acceptors (Lipinski definition) is 1. The summed E-state index contributed by atoms with van der Waals surface area (Å²) in [6, 6.07) is 14.4. The van der Waals surface area contributed by atoms with Crippen LogP contribution in [0.1, 0.15) is 13.8 Å². The number of ether oxygens (including phenoxy) is 1. The van der Waals surface area contributed by atoms with Crippen LogP contribution in [0.5, 0.6) is 5.75 Å². The SMILES string of the molecule is C/C=c1/ccc(OC/C(Cl)=C\C=C/CBr)c(-c2ccccc2)/c1=C/C. The summed E-state index contributed by atoms with van der Waals surface area (Å²) in [5.41, 5.74) is 2.23. The minimum atomic E-state index is 0.340. The molecule has 0 heterocycles. The van der Waals surface area contributed by atoms with Gasteiger partial charge in [-0.1, -0.05) is 88.2 Å². The molecular formula is C22H22BrClO. The van der Waals surface area contributed by atoms with Crippen molar-refractivity contribution in [1.82, 2.24) is 0 Å². The second-order valence-corrected chi connectivity index (χ2v) is 6.50. The first-order valence-electron chi connectivity index (χ1n) is 8.22. The van der Waals surface area contributed by atoms with Crippen LogP contribution in [-0.4, -0.2) is 11.9 Å². The summed E-state index contributed by atoms with van der Waals surface area (Å²) >= 11 is 9.60. The Kier molecular flexibility index (Phi) is 8.03. The fourth-order valence-electron chi connectivity index (χ4n) is 2.62. The quantitative estimate of drug-likeness (QED) is 0.451. The van der Waals surface area contributed by atoms with Gasteiger partial charge in [0.1, 0.15) is 12.4 Å². The van der Waals surface area contributed by atoms with Gasteiger partial charge in [-0.2, -0.15) is 0 Å². The number of rotatable bonds is 6. The van der Waals surface area contributed by atoms with Crippen molar-refractivity contribution >= 4 is 39.7 Å². The van der Waals surface area contributed by atoms with Crippen molar-refractivity contribution in [2.45, 2.75) is 13.8 Å². The van der Waals surface area contributed by atoms with E-state index in [4.69, 9.17) is 16.3 Å². The van der Waals surface area contributed by atoms with Crippen LogP contribution in [-0.2, 0) is 0 Å². The summed E-state index contributed by atoms with van der Waals surface area (Å²) in [5.74, 6) is 0.834. The molecule has 0 unspecified atom stereocenters. The molecule has 2 aromatic rings. The first-order chi connectivity index (χ1) is 12.2. The first-order valence-corrected chi connectivity index (χ1v) is 9.72. The lowest BCUT2D eigenvalue weighted by Gasteiger charge is -2.13. The molecule has 25 heavy (non-hydrogen) atoms. The van der Waals surface area contributed by atoms with Gasteiger partial charge in [0.15, 0.2) is 0 Å². The molecule has 0 aliphatic heterocycles. The van der Waals surface area contributed by atoms with E-state index in [-0.39, 0.29) is 0 Å². The highest BCUT2D eigenvalue weighted by molar-refractivity contribution is 9.09. The highest BCUT2D eigenvalue weighted by atomic mass is 79.9. The molecule has 0 N–H and O–H groups in total. The molecular weight excluding hydrogens is 396 g/mol. The maximum absolute atomic E-state index is 6.25. The number of halogens is 2. The van der Waals surface area contributed by atoms with Crippen molar-refractivity contribution in [1.29, 1.82) is 0 Å². The maximum atomic E-state index is 6.25. The summed E-state index contributed by atoms with van der Waals surface area (Å²) in [6.07, 6.45) is 9.99. The fourth-order valence-corrected chi connectivity index (χ4v) is 2.96. The zero-order valence-electron chi connectivity index (χ0n) is 14.5. The van der Waals surface area contributed by atoms with Gasteiger partial charge in [-0.15, -0.1) is 0 Å².